The van der Waals surface area contributed by atoms with E-state index >= 15 is 0 Å². The molecule has 0 unspecified atom stereocenters. The maximum absolute atomic E-state index is 12.7. The van der Waals surface area contributed by atoms with Crippen LogP contribution in [0.1, 0.15) is 39.3 Å². The zero-order chi connectivity index (χ0) is 19.1. The van der Waals surface area contributed by atoms with Gasteiger partial charge >= 0.3 is 0 Å². The highest BCUT2D eigenvalue weighted by Gasteiger charge is 2.16. The first kappa shape index (κ1) is 17.4. The third kappa shape index (κ3) is 3.13. The summed E-state index contributed by atoms with van der Waals surface area (Å²) in [5.41, 5.74) is 4.54. The Balaban J connectivity index is 1.73. The summed E-state index contributed by atoms with van der Waals surface area (Å²) in [6.45, 7) is 5.95. The predicted molar refractivity (Wildman–Crippen MR) is 109 cm³/mol. The summed E-state index contributed by atoms with van der Waals surface area (Å²) in [7, 11) is 0. The summed E-state index contributed by atoms with van der Waals surface area (Å²) in [5, 5.41) is 2.95. The fraction of sp³-hybridized carbons (Fsp3) is 0.190. The minimum Gasteiger partial charge on any atom is -0.345 e. The van der Waals surface area contributed by atoms with Crippen LogP contribution in [-0.2, 0) is 0 Å². The fourth-order valence-corrected chi connectivity index (χ4v) is 4.03. The summed E-state index contributed by atoms with van der Waals surface area (Å²) in [4.78, 5) is 30.8. The number of aryl methyl sites for hydroxylation is 2. The Morgan fingerprint density at radius 1 is 1.11 bits per heavy atom. The van der Waals surface area contributed by atoms with Crippen molar-refractivity contribution in [2.75, 3.05) is 0 Å². The summed E-state index contributed by atoms with van der Waals surface area (Å²) >= 11 is 1.22. The van der Waals surface area contributed by atoms with Gasteiger partial charge in [-0.25, -0.2) is 4.98 Å². The van der Waals surface area contributed by atoms with Crippen LogP contribution in [0.5, 0.6) is 0 Å². The number of carbonyl (C=O) groups excluding carboxylic acids is 1. The van der Waals surface area contributed by atoms with E-state index < -0.39 is 0 Å². The van der Waals surface area contributed by atoms with E-state index in [9.17, 15) is 9.59 Å². The number of aromatic nitrogens is 2. The molecule has 2 heterocycles. The topological polar surface area (TPSA) is 63.5 Å². The molecule has 0 radical (unpaired) electrons. The van der Waals surface area contributed by atoms with Crippen molar-refractivity contribution in [2.24, 2.45) is 0 Å². The monoisotopic (exact) mass is 377 g/mol. The smallest absolute Gasteiger partial charge is 0.262 e. The SMILES string of the molecule is Cc1cc2nc3sc(C(=O)N[C@@H](C)c4ccccc4)cc(=O)n3c2cc1C. The van der Waals surface area contributed by atoms with Crippen molar-refractivity contribution in [2.45, 2.75) is 26.8 Å². The van der Waals surface area contributed by atoms with Gasteiger partial charge in [0, 0.05) is 6.07 Å². The molecular weight excluding hydrogens is 358 g/mol. The second kappa shape index (κ2) is 6.63. The van der Waals surface area contributed by atoms with Crippen molar-refractivity contribution in [3.05, 3.63) is 80.5 Å². The van der Waals surface area contributed by atoms with Crippen molar-refractivity contribution in [3.63, 3.8) is 0 Å². The first-order valence-electron chi connectivity index (χ1n) is 8.73. The molecule has 1 atom stereocenters. The second-order valence-corrected chi connectivity index (χ2v) is 7.72. The second-order valence-electron chi connectivity index (χ2n) is 6.71. The molecule has 0 saturated carbocycles. The zero-order valence-electron chi connectivity index (χ0n) is 15.3. The van der Waals surface area contributed by atoms with Crippen LogP contribution in [0.3, 0.4) is 0 Å². The molecule has 2 aromatic carbocycles. The molecule has 4 rings (SSSR count). The van der Waals surface area contributed by atoms with Crippen LogP contribution >= 0.6 is 11.3 Å². The maximum atomic E-state index is 12.7. The van der Waals surface area contributed by atoms with E-state index in [0.29, 0.717) is 9.84 Å². The largest absolute Gasteiger partial charge is 0.345 e. The minimum atomic E-state index is -0.268. The molecule has 27 heavy (non-hydrogen) atoms. The number of amides is 1. The average molecular weight is 377 g/mol. The van der Waals surface area contributed by atoms with Crippen LogP contribution in [0.25, 0.3) is 16.0 Å². The van der Waals surface area contributed by atoms with Gasteiger partial charge in [0.1, 0.15) is 4.88 Å². The van der Waals surface area contributed by atoms with Crippen LogP contribution in [0, 0.1) is 13.8 Å². The van der Waals surface area contributed by atoms with Gasteiger partial charge in [-0.05, 0) is 49.6 Å². The molecule has 0 aliphatic rings. The number of fused-ring (bicyclic) bond motifs is 3. The molecule has 0 aliphatic heterocycles. The molecule has 1 amide bonds. The lowest BCUT2D eigenvalue weighted by Gasteiger charge is -2.13. The highest BCUT2D eigenvalue weighted by atomic mass is 32.1. The van der Waals surface area contributed by atoms with E-state index in [4.69, 9.17) is 0 Å². The molecular formula is C21H19N3O2S. The first-order valence-corrected chi connectivity index (χ1v) is 9.55. The van der Waals surface area contributed by atoms with Gasteiger partial charge in [-0.1, -0.05) is 41.7 Å². The molecule has 1 N–H and O–H groups in total. The van der Waals surface area contributed by atoms with Crippen molar-refractivity contribution in [3.8, 4) is 0 Å². The van der Waals surface area contributed by atoms with E-state index in [0.717, 1.165) is 27.7 Å². The number of carbonyl (C=O) groups is 1. The van der Waals surface area contributed by atoms with E-state index in [1.54, 1.807) is 4.40 Å². The summed E-state index contributed by atoms with van der Waals surface area (Å²) in [6.07, 6.45) is 0. The molecule has 6 heteroatoms. The number of hydrogen-bond donors (Lipinski definition) is 1. The molecule has 2 aromatic heterocycles. The number of benzene rings is 2. The molecule has 136 valence electrons. The normalized spacial score (nSPS) is 12.4. The quantitative estimate of drug-likeness (QED) is 0.587. The van der Waals surface area contributed by atoms with Gasteiger partial charge in [0.15, 0.2) is 4.96 Å². The molecule has 0 bridgehead atoms. The van der Waals surface area contributed by atoms with E-state index in [1.165, 1.54) is 17.4 Å². The van der Waals surface area contributed by atoms with E-state index in [2.05, 4.69) is 10.3 Å². The Morgan fingerprint density at radius 3 is 2.56 bits per heavy atom. The predicted octanol–water partition coefficient (Wildman–Crippen LogP) is 4.02. The van der Waals surface area contributed by atoms with Gasteiger partial charge < -0.3 is 5.32 Å². The summed E-state index contributed by atoms with van der Waals surface area (Å²) < 4.78 is 1.57. The van der Waals surface area contributed by atoms with Gasteiger partial charge in [0.05, 0.1) is 17.1 Å². The van der Waals surface area contributed by atoms with Crippen LogP contribution in [-0.4, -0.2) is 15.3 Å². The summed E-state index contributed by atoms with van der Waals surface area (Å²) in [6, 6.07) is 14.9. The third-order valence-electron chi connectivity index (χ3n) is 4.79. The molecule has 5 nitrogen and oxygen atoms in total. The van der Waals surface area contributed by atoms with Gasteiger partial charge in [-0.3, -0.25) is 14.0 Å². The van der Waals surface area contributed by atoms with Crippen LogP contribution < -0.4 is 10.9 Å². The Hall–Kier alpha value is -2.99. The lowest BCUT2D eigenvalue weighted by atomic mass is 10.1. The lowest BCUT2D eigenvalue weighted by Crippen LogP contribution is -2.27. The third-order valence-corrected chi connectivity index (χ3v) is 5.77. The van der Waals surface area contributed by atoms with Crippen molar-refractivity contribution in [1.29, 1.82) is 0 Å². The molecule has 4 aromatic rings. The van der Waals surface area contributed by atoms with Crippen LogP contribution in [0.2, 0.25) is 0 Å². The Kier molecular flexibility index (Phi) is 4.28. The highest BCUT2D eigenvalue weighted by molar-refractivity contribution is 7.18. The number of hydrogen-bond acceptors (Lipinski definition) is 4. The van der Waals surface area contributed by atoms with E-state index in [1.807, 2.05) is 63.2 Å². The molecule has 0 spiro atoms. The average Bonchev–Trinajstić information content (AvgIpc) is 3.00. The van der Waals surface area contributed by atoms with Crippen molar-refractivity contribution in [1.82, 2.24) is 14.7 Å². The first-order chi connectivity index (χ1) is 12.9. The Morgan fingerprint density at radius 2 is 1.81 bits per heavy atom. The lowest BCUT2D eigenvalue weighted by molar-refractivity contribution is 0.0943. The van der Waals surface area contributed by atoms with Gasteiger partial charge in [-0.2, -0.15) is 0 Å². The molecule has 0 fully saturated rings. The zero-order valence-corrected chi connectivity index (χ0v) is 16.1. The Labute approximate surface area is 160 Å². The maximum Gasteiger partial charge on any atom is 0.262 e. The van der Waals surface area contributed by atoms with Crippen LogP contribution in [0.4, 0.5) is 0 Å². The Bertz CT molecular complexity index is 1230. The van der Waals surface area contributed by atoms with Crippen molar-refractivity contribution >= 4 is 33.2 Å². The van der Waals surface area contributed by atoms with E-state index in [-0.39, 0.29) is 17.5 Å². The van der Waals surface area contributed by atoms with Gasteiger partial charge in [-0.15, -0.1) is 0 Å². The minimum absolute atomic E-state index is 0.152. The standard InChI is InChI=1S/C21H19N3O2S/c1-12-9-16-17(10-13(12)2)24-19(25)11-18(27-21(24)23-16)20(26)22-14(3)15-7-5-4-6-8-15/h4-11,14H,1-3H3,(H,22,26)/t14-/m0/s1. The number of nitrogens with one attached hydrogen (secondary N) is 1. The number of nitrogens with zero attached hydrogens (tertiary/aromatic N) is 2. The van der Waals surface area contributed by atoms with Gasteiger partial charge in [0.2, 0.25) is 0 Å². The van der Waals surface area contributed by atoms with Gasteiger partial charge in [0.25, 0.3) is 11.5 Å². The van der Waals surface area contributed by atoms with Crippen LogP contribution in [0.15, 0.2) is 53.3 Å². The summed E-state index contributed by atoms with van der Waals surface area (Å²) in [5.74, 6) is -0.268. The molecule has 0 aliphatic carbocycles. The fourth-order valence-electron chi connectivity index (χ4n) is 3.10. The number of imidazole rings is 1. The molecule has 0 saturated heterocycles. The van der Waals surface area contributed by atoms with Crippen molar-refractivity contribution < 1.29 is 4.79 Å². The highest BCUT2D eigenvalue weighted by Crippen LogP contribution is 2.23. The number of rotatable bonds is 3.